The van der Waals surface area contributed by atoms with Crippen LogP contribution in [0.1, 0.15) is 18.1 Å². The lowest BCUT2D eigenvalue weighted by Crippen LogP contribution is -2.38. The Kier molecular flexibility index (Phi) is 5.74. The Labute approximate surface area is 102 Å². The minimum Gasteiger partial charge on any atom is -0.508 e. The predicted molar refractivity (Wildman–Crippen MR) is 59.0 cm³/mol. The summed E-state index contributed by atoms with van der Waals surface area (Å²) in [5.41, 5.74) is 5.17. The first-order valence-corrected chi connectivity index (χ1v) is 4.60. The zero-order chi connectivity index (χ0) is 12.3. The van der Waals surface area contributed by atoms with Crippen LogP contribution in [0.15, 0.2) is 24.3 Å². The van der Waals surface area contributed by atoms with Gasteiger partial charge in [0, 0.05) is 6.42 Å². The molecule has 0 amide bonds. The first kappa shape index (κ1) is 16.0. The molecule has 0 aliphatic rings. The molecule has 0 aromatic heterocycles. The summed E-state index contributed by atoms with van der Waals surface area (Å²) in [5, 5.41) is 18.4. The highest BCUT2D eigenvalue weighted by atomic mass is 35.5. The van der Waals surface area contributed by atoms with E-state index in [4.69, 9.17) is 10.8 Å². The summed E-state index contributed by atoms with van der Waals surface area (Å²) < 4.78 is 36.3. The molecule has 0 radical (unpaired) electrons. The van der Waals surface area contributed by atoms with Crippen molar-refractivity contribution < 1.29 is 23.4 Å². The highest BCUT2D eigenvalue weighted by Gasteiger charge is 2.37. The average Bonchev–Trinajstić information content (AvgIpc) is 2.17. The van der Waals surface area contributed by atoms with Crippen LogP contribution in [0.4, 0.5) is 13.2 Å². The van der Waals surface area contributed by atoms with Crippen LogP contribution in [0, 0.1) is 0 Å². The van der Waals surface area contributed by atoms with Crippen LogP contribution >= 0.6 is 12.4 Å². The highest BCUT2D eigenvalue weighted by molar-refractivity contribution is 5.85. The second kappa shape index (κ2) is 6.09. The fourth-order valence-electron chi connectivity index (χ4n) is 1.21. The van der Waals surface area contributed by atoms with E-state index < -0.39 is 24.7 Å². The maximum Gasteiger partial charge on any atom is 0.403 e. The molecule has 0 aliphatic heterocycles. The van der Waals surface area contributed by atoms with E-state index in [9.17, 15) is 18.3 Å². The van der Waals surface area contributed by atoms with Gasteiger partial charge in [0.15, 0.2) is 0 Å². The Balaban J connectivity index is 0.00000256. The molecule has 2 atom stereocenters. The number of rotatable bonds is 3. The molecule has 3 nitrogen and oxygen atoms in total. The van der Waals surface area contributed by atoms with Crippen molar-refractivity contribution in [2.45, 2.75) is 24.7 Å². The molecule has 7 heteroatoms. The standard InChI is InChI=1S/C10H12F3NO2.ClH/c11-10(12,13)9(14)5-8(16)6-1-3-7(15)4-2-6;/h1-4,8-9,15-16H,5,14H2;1H/t8-,9+;/m1./s1. The van der Waals surface area contributed by atoms with E-state index in [0.29, 0.717) is 0 Å². The minimum absolute atomic E-state index is 0. The van der Waals surface area contributed by atoms with Crippen LogP contribution in [-0.4, -0.2) is 22.4 Å². The number of alkyl halides is 3. The lowest BCUT2D eigenvalue weighted by molar-refractivity contribution is -0.153. The van der Waals surface area contributed by atoms with Crippen molar-refractivity contribution in [3.05, 3.63) is 29.8 Å². The molecule has 1 aromatic carbocycles. The van der Waals surface area contributed by atoms with Gasteiger partial charge in [-0.2, -0.15) is 13.2 Å². The molecule has 0 heterocycles. The Morgan fingerprint density at radius 2 is 1.65 bits per heavy atom. The van der Waals surface area contributed by atoms with Gasteiger partial charge >= 0.3 is 6.18 Å². The van der Waals surface area contributed by atoms with Crippen LogP contribution in [0.25, 0.3) is 0 Å². The lowest BCUT2D eigenvalue weighted by atomic mass is 10.0. The Hall–Kier alpha value is -0.980. The Morgan fingerprint density at radius 1 is 1.18 bits per heavy atom. The molecule has 17 heavy (non-hydrogen) atoms. The first-order valence-electron chi connectivity index (χ1n) is 4.60. The minimum atomic E-state index is -4.52. The van der Waals surface area contributed by atoms with Crippen LogP contribution in [-0.2, 0) is 0 Å². The molecule has 0 saturated heterocycles. The van der Waals surface area contributed by atoms with E-state index in [-0.39, 0.29) is 23.7 Å². The van der Waals surface area contributed by atoms with Gasteiger partial charge in [-0.3, -0.25) is 0 Å². The summed E-state index contributed by atoms with van der Waals surface area (Å²) in [5.74, 6) is -0.0175. The van der Waals surface area contributed by atoms with E-state index in [2.05, 4.69) is 0 Å². The van der Waals surface area contributed by atoms with Crippen molar-refractivity contribution >= 4 is 12.4 Å². The van der Waals surface area contributed by atoms with Gasteiger partial charge in [0.25, 0.3) is 0 Å². The zero-order valence-electron chi connectivity index (χ0n) is 8.69. The van der Waals surface area contributed by atoms with Crippen LogP contribution in [0.2, 0.25) is 0 Å². The van der Waals surface area contributed by atoms with Crippen molar-refractivity contribution in [3.63, 3.8) is 0 Å². The molecule has 1 aromatic rings. The van der Waals surface area contributed by atoms with Crippen molar-refractivity contribution in [2.75, 3.05) is 0 Å². The van der Waals surface area contributed by atoms with Gasteiger partial charge in [-0.1, -0.05) is 12.1 Å². The summed E-state index contributed by atoms with van der Waals surface area (Å²) in [7, 11) is 0. The molecule has 0 bridgehead atoms. The third-order valence-electron chi connectivity index (χ3n) is 2.18. The summed E-state index contributed by atoms with van der Waals surface area (Å²) in [6.07, 6.45) is -6.41. The number of aromatic hydroxyl groups is 1. The van der Waals surface area contributed by atoms with E-state index in [1.54, 1.807) is 0 Å². The topological polar surface area (TPSA) is 66.5 Å². The number of phenols is 1. The number of aliphatic hydroxyl groups is 1. The molecule has 0 saturated carbocycles. The summed E-state index contributed by atoms with van der Waals surface area (Å²) in [6.45, 7) is 0. The third-order valence-corrected chi connectivity index (χ3v) is 2.18. The second-order valence-electron chi connectivity index (χ2n) is 3.49. The molecule has 0 spiro atoms. The van der Waals surface area contributed by atoms with Crippen LogP contribution in [0.3, 0.4) is 0 Å². The highest BCUT2D eigenvalue weighted by Crippen LogP contribution is 2.27. The summed E-state index contributed by atoms with van der Waals surface area (Å²) >= 11 is 0. The largest absolute Gasteiger partial charge is 0.508 e. The van der Waals surface area contributed by atoms with Gasteiger partial charge in [-0.15, -0.1) is 12.4 Å². The molecule has 4 N–H and O–H groups in total. The summed E-state index contributed by atoms with van der Waals surface area (Å²) in [4.78, 5) is 0. The number of halogens is 4. The van der Waals surface area contributed by atoms with E-state index >= 15 is 0 Å². The van der Waals surface area contributed by atoms with E-state index in [1.165, 1.54) is 24.3 Å². The molecular formula is C10H13ClF3NO2. The molecule has 0 fully saturated rings. The fourth-order valence-corrected chi connectivity index (χ4v) is 1.21. The molecule has 0 unspecified atom stereocenters. The van der Waals surface area contributed by atoms with Crippen molar-refractivity contribution in [3.8, 4) is 5.75 Å². The number of nitrogens with two attached hydrogens (primary N) is 1. The SMILES string of the molecule is Cl.N[C@@H](C[C@@H](O)c1ccc(O)cc1)C(F)(F)F. The van der Waals surface area contributed by atoms with Gasteiger partial charge in [0.05, 0.1) is 6.10 Å². The zero-order valence-corrected chi connectivity index (χ0v) is 9.50. The fraction of sp³-hybridized carbons (Fsp3) is 0.400. The predicted octanol–water partition coefficient (Wildman–Crippen LogP) is 2.13. The van der Waals surface area contributed by atoms with Crippen LogP contribution in [0.5, 0.6) is 5.75 Å². The van der Waals surface area contributed by atoms with Gasteiger partial charge in [0.2, 0.25) is 0 Å². The molecule has 0 aliphatic carbocycles. The van der Waals surface area contributed by atoms with Crippen LogP contribution < -0.4 is 5.73 Å². The number of hydrogen-bond donors (Lipinski definition) is 3. The third kappa shape index (κ3) is 4.80. The maximum atomic E-state index is 12.1. The van der Waals surface area contributed by atoms with Gasteiger partial charge in [-0.05, 0) is 17.7 Å². The van der Waals surface area contributed by atoms with Gasteiger partial charge < -0.3 is 15.9 Å². The smallest absolute Gasteiger partial charge is 0.403 e. The maximum absolute atomic E-state index is 12.1. The summed E-state index contributed by atoms with van der Waals surface area (Å²) in [6, 6.07) is 3.22. The lowest BCUT2D eigenvalue weighted by Gasteiger charge is -2.19. The van der Waals surface area contributed by atoms with Crippen molar-refractivity contribution in [1.82, 2.24) is 0 Å². The van der Waals surface area contributed by atoms with E-state index in [1.807, 2.05) is 0 Å². The van der Waals surface area contributed by atoms with Crippen molar-refractivity contribution in [2.24, 2.45) is 5.73 Å². The monoisotopic (exact) mass is 271 g/mol. The quantitative estimate of drug-likeness (QED) is 0.789. The normalized spacial score (nSPS) is 14.9. The number of benzene rings is 1. The van der Waals surface area contributed by atoms with Gasteiger partial charge in [0.1, 0.15) is 11.8 Å². The van der Waals surface area contributed by atoms with Gasteiger partial charge in [-0.25, -0.2) is 0 Å². The number of phenolic OH excluding ortho intramolecular Hbond substituents is 1. The van der Waals surface area contributed by atoms with E-state index in [0.717, 1.165) is 0 Å². The number of hydrogen-bond acceptors (Lipinski definition) is 3. The Bertz CT molecular complexity index is 342. The molecule has 98 valence electrons. The Morgan fingerprint density at radius 3 is 2.06 bits per heavy atom. The first-order chi connectivity index (χ1) is 7.30. The molecule has 1 rings (SSSR count). The average molecular weight is 272 g/mol. The second-order valence-corrected chi connectivity index (χ2v) is 3.49. The van der Waals surface area contributed by atoms with Crippen molar-refractivity contribution in [1.29, 1.82) is 0 Å². The molecular weight excluding hydrogens is 259 g/mol. The number of aliphatic hydroxyl groups excluding tert-OH is 1.